The van der Waals surface area contributed by atoms with E-state index in [0.717, 1.165) is 30.4 Å². The first-order valence-electron chi connectivity index (χ1n) is 9.85. The van der Waals surface area contributed by atoms with Crippen LogP contribution in [0.2, 0.25) is 0 Å². The van der Waals surface area contributed by atoms with Crippen molar-refractivity contribution in [2.24, 2.45) is 23.7 Å². The molecule has 0 aliphatic heterocycles. The lowest BCUT2D eigenvalue weighted by Gasteiger charge is -2.29. The third-order valence-electron chi connectivity index (χ3n) is 6.14. The van der Waals surface area contributed by atoms with E-state index in [1.807, 2.05) is 60.7 Å². The molecule has 0 spiro atoms. The standard InChI is InChI=1S/C23H26N2O2/c26-22(24-14-16-7-3-1-4-8-16)20-18-11-12-19(13-18)21(20)23(27)25-15-17-9-5-2-6-10-17/h1-10,18-21H,11-15H2,(H,24,26)(H,25,27)/t18-,19+,20-,21-/m0/s1. The molecule has 4 nitrogen and oxygen atoms in total. The molecule has 4 atom stereocenters. The van der Waals surface area contributed by atoms with E-state index in [1.54, 1.807) is 0 Å². The van der Waals surface area contributed by atoms with Gasteiger partial charge in [0.1, 0.15) is 0 Å². The first-order valence-corrected chi connectivity index (χ1v) is 9.85. The van der Waals surface area contributed by atoms with Crippen LogP contribution in [0.5, 0.6) is 0 Å². The monoisotopic (exact) mass is 362 g/mol. The van der Waals surface area contributed by atoms with Crippen molar-refractivity contribution in [2.45, 2.75) is 32.4 Å². The van der Waals surface area contributed by atoms with Crippen LogP contribution in [0.4, 0.5) is 0 Å². The third kappa shape index (κ3) is 3.90. The Bertz CT molecular complexity index is 723. The summed E-state index contributed by atoms with van der Waals surface area (Å²) in [6, 6.07) is 19.8. The smallest absolute Gasteiger partial charge is 0.224 e. The molecule has 4 rings (SSSR count). The largest absolute Gasteiger partial charge is 0.352 e. The quantitative estimate of drug-likeness (QED) is 0.828. The van der Waals surface area contributed by atoms with Crippen LogP contribution in [0.25, 0.3) is 0 Å². The second-order valence-electron chi connectivity index (χ2n) is 7.79. The van der Waals surface area contributed by atoms with Gasteiger partial charge in [0.2, 0.25) is 11.8 Å². The summed E-state index contributed by atoms with van der Waals surface area (Å²) in [5, 5.41) is 6.13. The van der Waals surface area contributed by atoms with Crippen LogP contribution in [-0.2, 0) is 22.7 Å². The van der Waals surface area contributed by atoms with Crippen molar-refractivity contribution in [3.05, 3.63) is 71.8 Å². The first kappa shape index (κ1) is 17.8. The predicted molar refractivity (Wildman–Crippen MR) is 104 cm³/mol. The summed E-state index contributed by atoms with van der Waals surface area (Å²) in [5.41, 5.74) is 2.16. The van der Waals surface area contributed by atoms with Gasteiger partial charge in [0, 0.05) is 13.1 Å². The van der Waals surface area contributed by atoms with Gasteiger partial charge in [-0.05, 0) is 42.2 Å². The Balaban J connectivity index is 1.39. The number of nitrogens with one attached hydrogen (secondary N) is 2. The van der Waals surface area contributed by atoms with Gasteiger partial charge in [0.05, 0.1) is 11.8 Å². The fourth-order valence-corrected chi connectivity index (χ4v) is 4.85. The van der Waals surface area contributed by atoms with Crippen LogP contribution >= 0.6 is 0 Å². The van der Waals surface area contributed by atoms with Crippen molar-refractivity contribution in [1.29, 1.82) is 0 Å². The number of carbonyl (C=O) groups excluding carboxylic acids is 2. The molecule has 2 aromatic rings. The van der Waals surface area contributed by atoms with E-state index < -0.39 is 0 Å². The minimum atomic E-state index is -0.191. The lowest BCUT2D eigenvalue weighted by molar-refractivity contribution is -0.137. The average molecular weight is 362 g/mol. The zero-order chi connectivity index (χ0) is 18.6. The molecular formula is C23H26N2O2. The van der Waals surface area contributed by atoms with Crippen molar-refractivity contribution in [2.75, 3.05) is 0 Å². The maximum Gasteiger partial charge on any atom is 0.224 e. The molecule has 27 heavy (non-hydrogen) atoms. The Labute approximate surface area is 160 Å². The molecule has 2 amide bonds. The van der Waals surface area contributed by atoms with Gasteiger partial charge in [-0.2, -0.15) is 0 Å². The lowest BCUT2D eigenvalue weighted by atomic mass is 9.78. The maximum atomic E-state index is 12.9. The molecular weight excluding hydrogens is 336 g/mol. The minimum absolute atomic E-state index is 0.0333. The molecule has 0 unspecified atom stereocenters. The van der Waals surface area contributed by atoms with Gasteiger partial charge in [-0.1, -0.05) is 60.7 Å². The molecule has 0 aromatic heterocycles. The van der Waals surface area contributed by atoms with Gasteiger partial charge in [-0.3, -0.25) is 9.59 Å². The lowest BCUT2D eigenvalue weighted by Crippen LogP contribution is -2.44. The number of hydrogen-bond acceptors (Lipinski definition) is 2. The predicted octanol–water partition coefficient (Wildman–Crippen LogP) is 3.28. The van der Waals surface area contributed by atoms with Gasteiger partial charge in [-0.15, -0.1) is 0 Å². The van der Waals surface area contributed by atoms with Crippen LogP contribution in [0.1, 0.15) is 30.4 Å². The Morgan fingerprint density at radius 1 is 0.704 bits per heavy atom. The number of rotatable bonds is 6. The summed E-state index contributed by atoms with van der Waals surface area (Å²) >= 11 is 0. The molecule has 2 aliphatic rings. The normalized spacial score (nSPS) is 25.9. The number of fused-ring (bicyclic) bond motifs is 2. The maximum absolute atomic E-state index is 12.9. The van der Waals surface area contributed by atoms with E-state index in [-0.39, 0.29) is 23.7 Å². The molecule has 4 heteroatoms. The summed E-state index contributed by atoms with van der Waals surface area (Å²) in [7, 11) is 0. The molecule has 2 N–H and O–H groups in total. The highest BCUT2D eigenvalue weighted by Crippen LogP contribution is 2.52. The summed E-state index contributed by atoms with van der Waals surface area (Å²) in [6.45, 7) is 1.04. The Kier molecular flexibility index (Phi) is 5.23. The van der Waals surface area contributed by atoms with E-state index in [2.05, 4.69) is 10.6 Å². The highest BCUT2D eigenvalue weighted by molar-refractivity contribution is 5.89. The first-order chi connectivity index (χ1) is 13.2. The molecule has 2 bridgehead atoms. The highest BCUT2D eigenvalue weighted by atomic mass is 16.2. The SMILES string of the molecule is O=C(NCc1ccccc1)[C@H]1[C@@H]2CC[C@@H](C2)[C@@H]1C(=O)NCc1ccccc1. The molecule has 0 saturated heterocycles. The molecule has 140 valence electrons. The zero-order valence-electron chi connectivity index (χ0n) is 15.4. The van der Waals surface area contributed by atoms with Crippen molar-refractivity contribution in [3.63, 3.8) is 0 Å². The zero-order valence-corrected chi connectivity index (χ0v) is 15.4. The fourth-order valence-electron chi connectivity index (χ4n) is 4.85. The highest BCUT2D eigenvalue weighted by Gasteiger charge is 2.53. The Morgan fingerprint density at radius 3 is 1.52 bits per heavy atom. The third-order valence-corrected chi connectivity index (χ3v) is 6.14. The number of hydrogen-bond donors (Lipinski definition) is 2. The average Bonchev–Trinajstić information content (AvgIpc) is 3.33. The topological polar surface area (TPSA) is 58.2 Å². The molecule has 2 aromatic carbocycles. The second-order valence-corrected chi connectivity index (χ2v) is 7.79. The van der Waals surface area contributed by atoms with E-state index in [1.165, 1.54) is 0 Å². The van der Waals surface area contributed by atoms with Gasteiger partial charge < -0.3 is 10.6 Å². The van der Waals surface area contributed by atoms with Gasteiger partial charge in [0.15, 0.2) is 0 Å². The van der Waals surface area contributed by atoms with Crippen LogP contribution in [0, 0.1) is 23.7 Å². The van der Waals surface area contributed by atoms with E-state index in [4.69, 9.17) is 0 Å². The van der Waals surface area contributed by atoms with Crippen LogP contribution in [-0.4, -0.2) is 11.8 Å². The molecule has 0 radical (unpaired) electrons. The summed E-state index contributed by atoms with van der Waals surface area (Å²) in [5.74, 6) is 0.375. The second kappa shape index (κ2) is 7.95. The van der Waals surface area contributed by atoms with E-state index >= 15 is 0 Å². The van der Waals surface area contributed by atoms with Crippen molar-refractivity contribution >= 4 is 11.8 Å². The minimum Gasteiger partial charge on any atom is -0.352 e. The van der Waals surface area contributed by atoms with Crippen molar-refractivity contribution in [3.8, 4) is 0 Å². The fraction of sp³-hybridized carbons (Fsp3) is 0.391. The summed E-state index contributed by atoms with van der Waals surface area (Å²) in [4.78, 5) is 25.8. The molecule has 0 heterocycles. The summed E-state index contributed by atoms with van der Waals surface area (Å²) < 4.78 is 0. The van der Waals surface area contributed by atoms with Crippen molar-refractivity contribution in [1.82, 2.24) is 10.6 Å². The Morgan fingerprint density at radius 2 is 1.11 bits per heavy atom. The van der Waals surface area contributed by atoms with Gasteiger partial charge in [-0.25, -0.2) is 0 Å². The number of carbonyl (C=O) groups is 2. The van der Waals surface area contributed by atoms with Crippen LogP contribution in [0.15, 0.2) is 60.7 Å². The molecule has 2 aliphatic carbocycles. The molecule has 2 saturated carbocycles. The number of benzene rings is 2. The van der Waals surface area contributed by atoms with Crippen LogP contribution < -0.4 is 10.6 Å². The van der Waals surface area contributed by atoms with Crippen LogP contribution in [0.3, 0.4) is 0 Å². The van der Waals surface area contributed by atoms with Gasteiger partial charge >= 0.3 is 0 Å². The summed E-state index contributed by atoms with van der Waals surface area (Å²) in [6.07, 6.45) is 3.14. The number of amides is 2. The van der Waals surface area contributed by atoms with Gasteiger partial charge in [0.25, 0.3) is 0 Å². The van der Waals surface area contributed by atoms with Crippen molar-refractivity contribution < 1.29 is 9.59 Å². The molecule has 2 fully saturated rings. The van der Waals surface area contributed by atoms with E-state index in [0.29, 0.717) is 24.9 Å². The van der Waals surface area contributed by atoms with E-state index in [9.17, 15) is 9.59 Å². The Hall–Kier alpha value is -2.62.